The zero-order valence-electron chi connectivity index (χ0n) is 13.8. The molecule has 1 aromatic carbocycles. The molecule has 0 bridgehead atoms. The summed E-state index contributed by atoms with van der Waals surface area (Å²) >= 11 is 0. The number of carbonyl (C=O) groups is 1. The Morgan fingerprint density at radius 1 is 1.17 bits per heavy atom. The zero-order chi connectivity index (χ0) is 17.1. The number of hydrogen-bond donors (Lipinski definition) is 1. The smallest absolute Gasteiger partial charge is 0.222 e. The van der Waals surface area contributed by atoms with Crippen LogP contribution in [0.25, 0.3) is 0 Å². The summed E-state index contributed by atoms with van der Waals surface area (Å²) in [5.41, 5.74) is 0.246. The molecule has 0 radical (unpaired) electrons. The van der Waals surface area contributed by atoms with Crippen LogP contribution in [-0.2, 0) is 11.2 Å². The molecule has 3 rings (SSSR count). The lowest BCUT2D eigenvalue weighted by Gasteiger charge is -2.39. The molecule has 2 atom stereocenters. The summed E-state index contributed by atoms with van der Waals surface area (Å²) in [6, 6.07) is 3.56. The van der Waals surface area contributed by atoms with Crippen LogP contribution >= 0.6 is 0 Å². The summed E-state index contributed by atoms with van der Waals surface area (Å²) in [5, 5.41) is 9.99. The van der Waals surface area contributed by atoms with Gasteiger partial charge in [0.05, 0.1) is 6.10 Å². The van der Waals surface area contributed by atoms with E-state index >= 15 is 0 Å². The Morgan fingerprint density at radius 2 is 1.92 bits per heavy atom. The van der Waals surface area contributed by atoms with Gasteiger partial charge in [-0.2, -0.15) is 0 Å². The van der Waals surface area contributed by atoms with Gasteiger partial charge in [-0.3, -0.25) is 9.69 Å². The third kappa shape index (κ3) is 3.92. The summed E-state index contributed by atoms with van der Waals surface area (Å²) in [6.45, 7) is 2.80. The lowest BCUT2D eigenvalue weighted by atomic mass is 10.1. The van der Waals surface area contributed by atoms with E-state index in [1.165, 1.54) is 0 Å². The third-order valence-corrected chi connectivity index (χ3v) is 5.20. The Bertz CT molecular complexity index is 588. The molecule has 1 heterocycles. The van der Waals surface area contributed by atoms with E-state index in [1.807, 2.05) is 0 Å². The van der Waals surface area contributed by atoms with Gasteiger partial charge in [-0.15, -0.1) is 0 Å². The highest BCUT2D eigenvalue weighted by Crippen LogP contribution is 2.25. The van der Waals surface area contributed by atoms with Crippen molar-refractivity contribution >= 4 is 5.91 Å². The number of nitrogens with zero attached hydrogens (tertiary/aromatic N) is 2. The van der Waals surface area contributed by atoms with Crippen molar-refractivity contribution in [1.29, 1.82) is 0 Å². The molecule has 1 amide bonds. The molecule has 1 aromatic rings. The second-order valence-corrected chi connectivity index (χ2v) is 6.72. The van der Waals surface area contributed by atoms with E-state index in [-0.39, 0.29) is 36.5 Å². The fraction of sp³-hybridized carbons (Fsp3) is 0.611. The monoisotopic (exact) mass is 338 g/mol. The van der Waals surface area contributed by atoms with Crippen LogP contribution in [0.1, 0.15) is 31.2 Å². The average molecular weight is 338 g/mol. The summed E-state index contributed by atoms with van der Waals surface area (Å²) in [7, 11) is 0. The molecule has 132 valence electrons. The van der Waals surface area contributed by atoms with Gasteiger partial charge in [-0.05, 0) is 49.4 Å². The molecule has 0 spiro atoms. The Hall–Kier alpha value is -1.53. The summed E-state index contributed by atoms with van der Waals surface area (Å²) in [4.78, 5) is 16.4. The van der Waals surface area contributed by atoms with E-state index < -0.39 is 11.6 Å². The van der Waals surface area contributed by atoms with Crippen molar-refractivity contribution in [3.63, 3.8) is 0 Å². The van der Waals surface area contributed by atoms with E-state index in [0.717, 1.165) is 50.6 Å². The molecule has 1 aliphatic carbocycles. The number of benzene rings is 1. The minimum absolute atomic E-state index is 0.0229. The standard InChI is InChI=1S/C18H24F2N2O2/c19-14-5-6-15(20)13(12-14)4-7-18(24)22-10-8-21(9-11-22)16-2-1-3-17(16)23/h5-6,12,16-17,23H,1-4,7-11H2/t16-,17-/m0/s1. The van der Waals surface area contributed by atoms with Crippen molar-refractivity contribution in [3.05, 3.63) is 35.4 Å². The Labute approximate surface area is 141 Å². The van der Waals surface area contributed by atoms with Crippen molar-refractivity contribution in [1.82, 2.24) is 9.80 Å². The van der Waals surface area contributed by atoms with Crippen molar-refractivity contribution in [3.8, 4) is 0 Å². The predicted molar refractivity (Wildman–Crippen MR) is 86.5 cm³/mol. The average Bonchev–Trinajstić information content (AvgIpc) is 3.01. The molecule has 0 unspecified atom stereocenters. The van der Waals surface area contributed by atoms with E-state index in [1.54, 1.807) is 4.90 Å². The highest BCUT2D eigenvalue weighted by molar-refractivity contribution is 5.76. The van der Waals surface area contributed by atoms with Crippen LogP contribution < -0.4 is 0 Å². The second-order valence-electron chi connectivity index (χ2n) is 6.72. The lowest BCUT2D eigenvalue weighted by Crippen LogP contribution is -2.53. The molecule has 1 saturated heterocycles. The number of aliphatic hydroxyl groups is 1. The molecule has 1 aliphatic heterocycles. The van der Waals surface area contributed by atoms with Gasteiger partial charge in [0.1, 0.15) is 11.6 Å². The number of piperazine rings is 1. The van der Waals surface area contributed by atoms with E-state index in [4.69, 9.17) is 0 Å². The lowest BCUT2D eigenvalue weighted by molar-refractivity contribution is -0.133. The molecule has 2 fully saturated rings. The topological polar surface area (TPSA) is 43.8 Å². The van der Waals surface area contributed by atoms with Crippen molar-refractivity contribution in [2.75, 3.05) is 26.2 Å². The highest BCUT2D eigenvalue weighted by Gasteiger charge is 2.33. The first-order chi connectivity index (χ1) is 11.5. The Kier molecular flexibility index (Phi) is 5.46. The van der Waals surface area contributed by atoms with Crippen molar-refractivity contribution in [2.24, 2.45) is 0 Å². The van der Waals surface area contributed by atoms with Crippen LogP contribution in [0.4, 0.5) is 8.78 Å². The van der Waals surface area contributed by atoms with Gasteiger partial charge in [-0.1, -0.05) is 0 Å². The van der Waals surface area contributed by atoms with Gasteiger partial charge in [-0.25, -0.2) is 8.78 Å². The van der Waals surface area contributed by atoms with Gasteiger partial charge in [0.25, 0.3) is 0 Å². The zero-order valence-corrected chi connectivity index (χ0v) is 13.8. The van der Waals surface area contributed by atoms with Crippen molar-refractivity contribution in [2.45, 2.75) is 44.2 Å². The van der Waals surface area contributed by atoms with Crippen LogP contribution in [0, 0.1) is 11.6 Å². The van der Waals surface area contributed by atoms with Crippen LogP contribution in [0.5, 0.6) is 0 Å². The fourth-order valence-electron chi connectivity index (χ4n) is 3.78. The van der Waals surface area contributed by atoms with Gasteiger partial charge in [0.15, 0.2) is 0 Å². The maximum Gasteiger partial charge on any atom is 0.222 e. The molecule has 6 heteroatoms. The Balaban J connectivity index is 1.47. The molecular formula is C18H24F2N2O2. The maximum absolute atomic E-state index is 13.6. The number of carbonyl (C=O) groups excluding carboxylic acids is 1. The summed E-state index contributed by atoms with van der Waals surface area (Å²) < 4.78 is 26.8. The number of amides is 1. The van der Waals surface area contributed by atoms with Crippen LogP contribution in [0.2, 0.25) is 0 Å². The van der Waals surface area contributed by atoms with Gasteiger partial charge < -0.3 is 10.0 Å². The fourth-order valence-corrected chi connectivity index (χ4v) is 3.78. The van der Waals surface area contributed by atoms with E-state index in [2.05, 4.69) is 4.90 Å². The maximum atomic E-state index is 13.6. The quantitative estimate of drug-likeness (QED) is 0.913. The number of hydrogen-bond acceptors (Lipinski definition) is 3. The van der Waals surface area contributed by atoms with Crippen LogP contribution in [-0.4, -0.2) is 59.1 Å². The normalized spacial score (nSPS) is 25.2. The summed E-state index contributed by atoms with van der Waals surface area (Å²) in [6.07, 6.45) is 3.10. The minimum atomic E-state index is -0.484. The third-order valence-electron chi connectivity index (χ3n) is 5.20. The molecule has 4 nitrogen and oxygen atoms in total. The molecule has 24 heavy (non-hydrogen) atoms. The van der Waals surface area contributed by atoms with E-state index in [9.17, 15) is 18.7 Å². The largest absolute Gasteiger partial charge is 0.391 e. The number of aliphatic hydroxyl groups excluding tert-OH is 1. The molecule has 1 saturated carbocycles. The van der Waals surface area contributed by atoms with Crippen LogP contribution in [0.3, 0.4) is 0 Å². The first-order valence-electron chi connectivity index (χ1n) is 8.68. The van der Waals surface area contributed by atoms with Crippen LogP contribution in [0.15, 0.2) is 18.2 Å². The SMILES string of the molecule is O=C(CCc1cc(F)ccc1F)N1CCN([C@H]2CCC[C@@H]2O)CC1. The minimum Gasteiger partial charge on any atom is -0.391 e. The molecular weight excluding hydrogens is 314 g/mol. The second kappa shape index (κ2) is 7.57. The molecule has 0 aromatic heterocycles. The molecule has 1 N–H and O–H groups in total. The number of rotatable bonds is 4. The van der Waals surface area contributed by atoms with Crippen molar-refractivity contribution < 1.29 is 18.7 Å². The van der Waals surface area contributed by atoms with Gasteiger partial charge in [0.2, 0.25) is 5.91 Å². The summed E-state index contributed by atoms with van der Waals surface area (Å²) in [5.74, 6) is -0.975. The predicted octanol–water partition coefficient (Wildman–Crippen LogP) is 1.95. The Morgan fingerprint density at radius 3 is 2.58 bits per heavy atom. The first kappa shape index (κ1) is 17.3. The first-order valence-corrected chi connectivity index (χ1v) is 8.68. The number of aryl methyl sites for hydroxylation is 1. The van der Waals surface area contributed by atoms with Gasteiger partial charge >= 0.3 is 0 Å². The highest BCUT2D eigenvalue weighted by atomic mass is 19.1. The van der Waals surface area contributed by atoms with Gasteiger partial charge in [0, 0.05) is 38.6 Å². The van der Waals surface area contributed by atoms with E-state index in [0.29, 0.717) is 13.1 Å². The molecule has 2 aliphatic rings. The number of halogens is 2.